The number of hydrogen-bond acceptors (Lipinski definition) is 3. The fourth-order valence-corrected chi connectivity index (χ4v) is 1.07. The Morgan fingerprint density at radius 2 is 2.15 bits per heavy atom. The van der Waals surface area contributed by atoms with Crippen LogP contribution in [0, 0.1) is 0 Å². The number of allylic oxidation sites excluding steroid dienone is 1. The van der Waals surface area contributed by atoms with Crippen LogP contribution in [0.5, 0.6) is 0 Å². The van der Waals surface area contributed by atoms with Crippen LogP contribution in [-0.2, 0) is 4.79 Å². The zero-order valence-electron chi connectivity index (χ0n) is 6.41. The molecule has 13 heavy (non-hydrogen) atoms. The molecule has 0 saturated heterocycles. The Kier molecular flexibility index (Phi) is 4.86. The number of aliphatic carboxylic acids is 1. The molecular weight excluding hydrogens is 207 g/mol. The Hall–Kier alpha value is -0.690. The van der Waals surface area contributed by atoms with Gasteiger partial charge in [-0.25, -0.2) is 0 Å². The average Bonchev–Trinajstić information content (AvgIpc) is 1.95. The monoisotopic (exact) mass is 215 g/mol. The molecule has 76 valence electrons. The molecule has 0 fully saturated rings. The van der Waals surface area contributed by atoms with Gasteiger partial charge in [-0.3, -0.25) is 4.79 Å². The van der Waals surface area contributed by atoms with Crippen molar-refractivity contribution in [2.75, 3.05) is 5.75 Å². The number of hydrogen-bond donors (Lipinski definition) is 2. The Bertz CT molecular complexity index is 205. The van der Waals surface area contributed by atoms with Crippen LogP contribution >= 0.6 is 11.8 Å². The van der Waals surface area contributed by atoms with E-state index < -0.39 is 18.2 Å². The summed E-state index contributed by atoms with van der Waals surface area (Å²) < 4.78 is 34.5. The molecule has 0 bridgehead atoms. The van der Waals surface area contributed by atoms with Crippen LogP contribution in [0.2, 0.25) is 0 Å². The minimum absolute atomic E-state index is 0.0340. The second kappa shape index (κ2) is 5.13. The van der Waals surface area contributed by atoms with Crippen LogP contribution in [0.15, 0.2) is 11.5 Å². The summed E-state index contributed by atoms with van der Waals surface area (Å²) in [6.07, 6.45) is -4.33. The summed E-state index contributed by atoms with van der Waals surface area (Å²) in [4.78, 5) is 10.1. The normalized spacial score (nSPS) is 14.8. The van der Waals surface area contributed by atoms with Crippen molar-refractivity contribution in [2.24, 2.45) is 5.73 Å². The van der Waals surface area contributed by atoms with Gasteiger partial charge >= 0.3 is 12.1 Å². The van der Waals surface area contributed by atoms with Gasteiger partial charge in [-0.05, 0) is 5.41 Å². The number of carbonyl (C=O) groups is 1. The van der Waals surface area contributed by atoms with Crippen molar-refractivity contribution in [3.05, 3.63) is 11.5 Å². The topological polar surface area (TPSA) is 63.3 Å². The predicted molar refractivity (Wildman–Crippen MR) is 43.3 cm³/mol. The van der Waals surface area contributed by atoms with Crippen molar-refractivity contribution in [1.82, 2.24) is 0 Å². The fraction of sp³-hybridized carbons (Fsp3) is 0.500. The van der Waals surface area contributed by atoms with Crippen LogP contribution in [0.3, 0.4) is 0 Å². The first-order valence-electron chi connectivity index (χ1n) is 3.17. The maximum Gasteiger partial charge on any atom is 0.410 e. The number of halogens is 3. The molecule has 0 saturated carbocycles. The highest BCUT2D eigenvalue weighted by atomic mass is 32.2. The lowest BCUT2D eigenvalue weighted by Gasteiger charge is -2.02. The third-order valence-electron chi connectivity index (χ3n) is 0.946. The highest BCUT2D eigenvalue weighted by Gasteiger charge is 2.21. The van der Waals surface area contributed by atoms with E-state index in [0.717, 1.165) is 5.41 Å². The van der Waals surface area contributed by atoms with E-state index in [1.807, 2.05) is 0 Å². The lowest BCUT2D eigenvalue weighted by Crippen LogP contribution is -2.32. The maximum absolute atomic E-state index is 11.5. The smallest absolute Gasteiger partial charge is 0.410 e. The number of thioether (sulfide) groups is 1. The van der Waals surface area contributed by atoms with Crippen molar-refractivity contribution in [3.8, 4) is 0 Å². The van der Waals surface area contributed by atoms with Crippen LogP contribution < -0.4 is 5.73 Å². The molecule has 0 amide bonds. The van der Waals surface area contributed by atoms with Gasteiger partial charge in [0.1, 0.15) is 6.04 Å². The minimum Gasteiger partial charge on any atom is -0.480 e. The Balaban J connectivity index is 3.68. The molecule has 0 rings (SSSR count). The van der Waals surface area contributed by atoms with Crippen molar-refractivity contribution >= 4 is 17.7 Å². The van der Waals surface area contributed by atoms with E-state index >= 15 is 0 Å². The molecule has 0 aliphatic rings. The van der Waals surface area contributed by atoms with Gasteiger partial charge in [0, 0.05) is 11.8 Å². The van der Waals surface area contributed by atoms with E-state index in [9.17, 15) is 18.0 Å². The lowest BCUT2D eigenvalue weighted by atomic mass is 10.4. The third-order valence-corrected chi connectivity index (χ3v) is 1.83. The molecule has 0 aromatic carbocycles. The Labute approximate surface area is 76.8 Å². The summed E-state index contributed by atoms with van der Waals surface area (Å²) in [5.74, 6) is -1.31. The summed E-state index contributed by atoms with van der Waals surface area (Å²) in [7, 11) is 0. The van der Waals surface area contributed by atoms with Crippen LogP contribution in [-0.4, -0.2) is 29.0 Å². The number of nitrogens with two attached hydrogens (primary N) is 1. The number of alkyl halides is 3. The minimum atomic E-state index is -4.36. The molecule has 0 aliphatic heterocycles. The van der Waals surface area contributed by atoms with Crippen molar-refractivity contribution in [3.63, 3.8) is 0 Å². The first kappa shape index (κ1) is 12.3. The molecule has 0 aromatic rings. The van der Waals surface area contributed by atoms with E-state index in [1.165, 1.54) is 0 Å². The molecule has 1 atom stereocenters. The summed E-state index contributed by atoms with van der Waals surface area (Å²) in [5.41, 5.74) is 5.03. The van der Waals surface area contributed by atoms with E-state index in [4.69, 9.17) is 10.8 Å². The van der Waals surface area contributed by atoms with Gasteiger partial charge in [0.2, 0.25) is 0 Å². The second-order valence-electron chi connectivity index (χ2n) is 2.12. The largest absolute Gasteiger partial charge is 0.480 e. The molecule has 0 unspecified atom stereocenters. The fourth-order valence-electron chi connectivity index (χ4n) is 0.356. The van der Waals surface area contributed by atoms with Crippen LogP contribution in [0.25, 0.3) is 0 Å². The summed E-state index contributed by atoms with van der Waals surface area (Å²) in [6.45, 7) is 0. The van der Waals surface area contributed by atoms with Gasteiger partial charge in [-0.1, -0.05) is 0 Å². The van der Waals surface area contributed by atoms with Gasteiger partial charge in [0.05, 0.1) is 0 Å². The summed E-state index contributed by atoms with van der Waals surface area (Å²) >= 11 is 0.710. The van der Waals surface area contributed by atoms with Crippen molar-refractivity contribution in [1.29, 1.82) is 0 Å². The number of rotatable bonds is 4. The van der Waals surface area contributed by atoms with Gasteiger partial charge in [0.15, 0.2) is 0 Å². The van der Waals surface area contributed by atoms with Crippen LogP contribution in [0.4, 0.5) is 13.2 Å². The SMILES string of the molecule is N[C@@H](CSC=CC(F)(F)F)C(=O)O. The number of carboxylic acid groups (broad SMARTS) is 1. The lowest BCUT2D eigenvalue weighted by molar-refractivity contribution is -0.137. The molecular formula is C6H8F3NO2S. The zero-order valence-corrected chi connectivity index (χ0v) is 7.23. The summed E-state index contributed by atoms with van der Waals surface area (Å²) in [6, 6.07) is -1.14. The van der Waals surface area contributed by atoms with Gasteiger partial charge < -0.3 is 10.8 Å². The van der Waals surface area contributed by atoms with E-state index in [2.05, 4.69) is 0 Å². The Morgan fingerprint density at radius 3 is 2.54 bits per heavy atom. The quantitative estimate of drug-likeness (QED) is 0.739. The molecule has 0 spiro atoms. The van der Waals surface area contributed by atoms with E-state index in [1.54, 1.807) is 0 Å². The highest BCUT2D eigenvalue weighted by Crippen LogP contribution is 2.18. The van der Waals surface area contributed by atoms with Crippen LogP contribution in [0.1, 0.15) is 0 Å². The first-order chi connectivity index (χ1) is 5.83. The van der Waals surface area contributed by atoms with Gasteiger partial charge in [-0.15, -0.1) is 11.8 Å². The summed E-state index contributed by atoms with van der Waals surface area (Å²) in [5, 5.41) is 9.04. The van der Waals surface area contributed by atoms with Gasteiger partial charge in [-0.2, -0.15) is 13.2 Å². The first-order valence-corrected chi connectivity index (χ1v) is 4.22. The van der Waals surface area contributed by atoms with E-state index in [0.29, 0.717) is 11.8 Å². The standard InChI is InChI=1S/C6H8F3NO2S/c7-6(8,9)1-2-13-3-4(10)5(11)12/h1-2,4H,3,10H2,(H,11,12)/t4-/m0/s1. The predicted octanol–water partition coefficient (Wildman–Crippen LogP) is 1.21. The maximum atomic E-state index is 11.5. The average molecular weight is 215 g/mol. The second-order valence-corrected chi connectivity index (χ2v) is 3.06. The molecule has 3 N–H and O–H groups in total. The number of carboxylic acids is 1. The molecule has 0 aliphatic carbocycles. The molecule has 3 nitrogen and oxygen atoms in total. The molecule has 7 heteroatoms. The third kappa shape index (κ3) is 7.66. The molecule has 0 radical (unpaired) electrons. The molecule has 0 heterocycles. The highest BCUT2D eigenvalue weighted by molar-refractivity contribution is 8.02. The van der Waals surface area contributed by atoms with Crippen molar-refractivity contribution < 1.29 is 23.1 Å². The zero-order chi connectivity index (χ0) is 10.5. The Morgan fingerprint density at radius 1 is 1.62 bits per heavy atom. The van der Waals surface area contributed by atoms with Crippen molar-refractivity contribution in [2.45, 2.75) is 12.2 Å². The van der Waals surface area contributed by atoms with E-state index in [-0.39, 0.29) is 11.8 Å². The molecule has 0 aromatic heterocycles. The van der Waals surface area contributed by atoms with Gasteiger partial charge in [0.25, 0.3) is 0 Å².